The maximum absolute atomic E-state index is 11.7. The Balaban J connectivity index is 2.01. The van der Waals surface area contributed by atoms with Crippen LogP contribution in [-0.4, -0.2) is 5.91 Å². The molecule has 1 N–H and O–H groups in total. The maximum atomic E-state index is 11.7. The largest absolute Gasteiger partial charge is 0.322 e. The second-order valence-electron chi connectivity index (χ2n) is 3.89. The fourth-order valence-electron chi connectivity index (χ4n) is 1.53. The molecule has 0 saturated heterocycles. The molecule has 0 saturated carbocycles. The molecule has 96 valence electrons. The summed E-state index contributed by atoms with van der Waals surface area (Å²) in [6, 6.07) is 14.7. The van der Waals surface area contributed by atoms with Gasteiger partial charge in [0.2, 0.25) is 5.91 Å². The van der Waals surface area contributed by atoms with E-state index in [2.05, 4.69) is 21.2 Å². The number of amides is 1. The molecule has 0 bridgehead atoms. The van der Waals surface area contributed by atoms with Gasteiger partial charge in [0.1, 0.15) is 0 Å². The van der Waals surface area contributed by atoms with E-state index in [4.69, 9.17) is 11.6 Å². The third kappa shape index (κ3) is 4.54. The fourth-order valence-corrected chi connectivity index (χ4v) is 2.13. The van der Waals surface area contributed by atoms with Crippen LogP contribution in [0.4, 0.5) is 5.69 Å². The van der Waals surface area contributed by atoms with Crippen molar-refractivity contribution in [1.29, 1.82) is 0 Å². The zero-order valence-corrected chi connectivity index (χ0v) is 12.3. The first-order valence-corrected chi connectivity index (χ1v) is 6.81. The van der Waals surface area contributed by atoms with E-state index in [0.717, 1.165) is 15.7 Å². The van der Waals surface area contributed by atoms with Crippen LogP contribution in [0.25, 0.3) is 6.08 Å². The first-order chi connectivity index (χ1) is 9.13. The van der Waals surface area contributed by atoms with Crippen molar-refractivity contribution in [2.45, 2.75) is 0 Å². The van der Waals surface area contributed by atoms with Gasteiger partial charge in [0.05, 0.1) is 0 Å². The van der Waals surface area contributed by atoms with Gasteiger partial charge in [-0.25, -0.2) is 0 Å². The van der Waals surface area contributed by atoms with Crippen molar-refractivity contribution in [3.8, 4) is 0 Å². The van der Waals surface area contributed by atoms with Crippen LogP contribution in [0.15, 0.2) is 59.1 Å². The second-order valence-corrected chi connectivity index (χ2v) is 5.24. The molecular weight excluding hydrogens is 326 g/mol. The summed E-state index contributed by atoms with van der Waals surface area (Å²) in [5.74, 6) is -0.182. The van der Waals surface area contributed by atoms with Gasteiger partial charge < -0.3 is 5.32 Å². The Morgan fingerprint density at radius 3 is 2.68 bits per heavy atom. The van der Waals surface area contributed by atoms with Gasteiger partial charge in [-0.2, -0.15) is 0 Å². The van der Waals surface area contributed by atoms with E-state index in [1.807, 2.05) is 36.4 Å². The molecule has 0 aliphatic heterocycles. The lowest BCUT2D eigenvalue weighted by atomic mass is 10.2. The fraction of sp³-hybridized carbons (Fsp3) is 0. The number of nitrogens with one attached hydrogen (secondary N) is 1. The smallest absolute Gasteiger partial charge is 0.248 e. The molecule has 2 nitrogen and oxygen atoms in total. The van der Waals surface area contributed by atoms with Gasteiger partial charge in [0.25, 0.3) is 0 Å². The Morgan fingerprint density at radius 1 is 1.16 bits per heavy atom. The van der Waals surface area contributed by atoms with Crippen LogP contribution in [0.5, 0.6) is 0 Å². The average molecular weight is 337 g/mol. The molecule has 0 atom stereocenters. The minimum atomic E-state index is -0.182. The molecular formula is C15H11BrClNO. The molecule has 2 aromatic rings. The van der Waals surface area contributed by atoms with Gasteiger partial charge in [-0.05, 0) is 42.0 Å². The molecule has 0 heterocycles. The Hall–Kier alpha value is -1.58. The Bertz CT molecular complexity index is 625. The van der Waals surface area contributed by atoms with Crippen LogP contribution in [0.2, 0.25) is 5.02 Å². The van der Waals surface area contributed by atoms with Gasteiger partial charge in [0.15, 0.2) is 0 Å². The van der Waals surface area contributed by atoms with Crippen molar-refractivity contribution in [1.82, 2.24) is 0 Å². The number of carbonyl (C=O) groups is 1. The monoisotopic (exact) mass is 335 g/mol. The highest BCUT2D eigenvalue weighted by atomic mass is 79.9. The summed E-state index contributed by atoms with van der Waals surface area (Å²) in [6.45, 7) is 0. The van der Waals surface area contributed by atoms with E-state index >= 15 is 0 Å². The third-order valence-electron chi connectivity index (χ3n) is 2.37. The van der Waals surface area contributed by atoms with Crippen LogP contribution < -0.4 is 5.32 Å². The van der Waals surface area contributed by atoms with Crippen molar-refractivity contribution in [3.63, 3.8) is 0 Å². The maximum Gasteiger partial charge on any atom is 0.248 e. The summed E-state index contributed by atoms with van der Waals surface area (Å²) in [4.78, 5) is 11.7. The van der Waals surface area contributed by atoms with Crippen LogP contribution in [0.3, 0.4) is 0 Å². The molecule has 0 spiro atoms. The van der Waals surface area contributed by atoms with Crippen LogP contribution in [0, 0.1) is 0 Å². The highest BCUT2D eigenvalue weighted by molar-refractivity contribution is 9.10. The highest BCUT2D eigenvalue weighted by Gasteiger charge is 1.98. The summed E-state index contributed by atoms with van der Waals surface area (Å²) in [5.41, 5.74) is 1.63. The van der Waals surface area contributed by atoms with Gasteiger partial charge in [-0.3, -0.25) is 4.79 Å². The summed E-state index contributed by atoms with van der Waals surface area (Å²) in [7, 11) is 0. The molecule has 2 rings (SSSR count). The predicted octanol–water partition coefficient (Wildman–Crippen LogP) is 4.75. The van der Waals surface area contributed by atoms with Gasteiger partial charge in [-0.1, -0.05) is 45.7 Å². The Kier molecular flexibility index (Phi) is 4.77. The third-order valence-corrected chi connectivity index (χ3v) is 3.10. The minimum absolute atomic E-state index is 0.182. The molecule has 2 aromatic carbocycles. The Morgan fingerprint density at radius 2 is 1.95 bits per heavy atom. The van der Waals surface area contributed by atoms with E-state index < -0.39 is 0 Å². The topological polar surface area (TPSA) is 29.1 Å². The summed E-state index contributed by atoms with van der Waals surface area (Å²) < 4.78 is 0.920. The number of anilines is 1. The summed E-state index contributed by atoms with van der Waals surface area (Å²) in [6.07, 6.45) is 3.20. The predicted molar refractivity (Wildman–Crippen MR) is 83.3 cm³/mol. The van der Waals surface area contributed by atoms with E-state index in [-0.39, 0.29) is 5.91 Å². The molecule has 1 amide bonds. The molecule has 0 fully saturated rings. The molecule has 0 aliphatic carbocycles. The molecule has 19 heavy (non-hydrogen) atoms. The van der Waals surface area contributed by atoms with Crippen LogP contribution in [-0.2, 0) is 4.79 Å². The minimum Gasteiger partial charge on any atom is -0.322 e. The standard InChI is InChI=1S/C15H11BrClNO/c16-12-4-2-6-14(10-12)18-15(19)8-7-11-3-1-5-13(17)9-11/h1-10H,(H,18,19)/b8-7+. The van der Waals surface area contributed by atoms with Gasteiger partial charge in [-0.15, -0.1) is 0 Å². The van der Waals surface area contributed by atoms with E-state index in [9.17, 15) is 4.79 Å². The van der Waals surface area contributed by atoms with E-state index in [1.165, 1.54) is 6.08 Å². The van der Waals surface area contributed by atoms with E-state index in [0.29, 0.717) is 5.02 Å². The van der Waals surface area contributed by atoms with Crippen molar-refractivity contribution in [2.24, 2.45) is 0 Å². The van der Waals surface area contributed by atoms with Crippen LogP contribution >= 0.6 is 27.5 Å². The van der Waals surface area contributed by atoms with Crippen molar-refractivity contribution in [3.05, 3.63) is 69.7 Å². The number of halogens is 2. The van der Waals surface area contributed by atoms with Crippen molar-refractivity contribution >= 4 is 45.2 Å². The lowest BCUT2D eigenvalue weighted by Crippen LogP contribution is -2.07. The van der Waals surface area contributed by atoms with Gasteiger partial charge in [0, 0.05) is 21.3 Å². The number of rotatable bonds is 3. The van der Waals surface area contributed by atoms with Crippen molar-refractivity contribution in [2.75, 3.05) is 5.32 Å². The lowest BCUT2D eigenvalue weighted by molar-refractivity contribution is -0.111. The zero-order chi connectivity index (χ0) is 13.7. The molecule has 0 radical (unpaired) electrons. The normalized spacial score (nSPS) is 10.6. The second kappa shape index (κ2) is 6.55. The lowest BCUT2D eigenvalue weighted by Gasteiger charge is -2.02. The summed E-state index contributed by atoms with van der Waals surface area (Å²) in [5, 5.41) is 3.43. The number of hydrogen-bond donors (Lipinski definition) is 1. The van der Waals surface area contributed by atoms with Crippen LogP contribution in [0.1, 0.15) is 5.56 Å². The summed E-state index contributed by atoms with van der Waals surface area (Å²) >= 11 is 9.22. The molecule has 4 heteroatoms. The molecule has 0 aliphatic rings. The highest BCUT2D eigenvalue weighted by Crippen LogP contribution is 2.16. The number of hydrogen-bond acceptors (Lipinski definition) is 1. The Labute approximate surface area is 125 Å². The molecule has 0 aromatic heterocycles. The zero-order valence-electron chi connectivity index (χ0n) is 9.94. The van der Waals surface area contributed by atoms with Gasteiger partial charge >= 0.3 is 0 Å². The van der Waals surface area contributed by atoms with Crippen molar-refractivity contribution < 1.29 is 4.79 Å². The molecule has 0 unspecified atom stereocenters. The SMILES string of the molecule is O=C(/C=C/c1cccc(Cl)c1)Nc1cccc(Br)c1. The van der Waals surface area contributed by atoms with E-state index in [1.54, 1.807) is 18.2 Å². The number of benzene rings is 2. The first kappa shape index (κ1) is 13.8. The average Bonchev–Trinajstić information content (AvgIpc) is 2.36. The number of carbonyl (C=O) groups excluding carboxylic acids is 1. The quantitative estimate of drug-likeness (QED) is 0.805. The first-order valence-electron chi connectivity index (χ1n) is 5.64.